The number of allylic oxidation sites excluding steroid dienone is 1. The lowest BCUT2D eigenvalue weighted by atomic mass is 10.2. The zero-order valence-electron chi connectivity index (χ0n) is 10.2. The Balaban J connectivity index is 1.96. The molecule has 0 amide bonds. The number of nitrogens with one attached hydrogen (secondary N) is 1. The molecule has 0 spiro atoms. The maximum Gasteiger partial charge on any atom is 0.150 e. The molecule has 0 saturated heterocycles. The molecule has 0 heterocycles. The molecule has 0 aromatic heterocycles. The molecular weight excluding hydrogens is 222 g/mol. The Morgan fingerprint density at radius 3 is 2.81 bits per heavy atom. The van der Waals surface area contributed by atoms with Crippen molar-refractivity contribution < 1.29 is 8.42 Å². The number of rotatable bonds is 8. The van der Waals surface area contributed by atoms with E-state index in [9.17, 15) is 8.42 Å². The Morgan fingerprint density at radius 2 is 2.19 bits per heavy atom. The summed E-state index contributed by atoms with van der Waals surface area (Å²) in [5.74, 6) is 0.582. The highest BCUT2D eigenvalue weighted by molar-refractivity contribution is 7.91. The van der Waals surface area contributed by atoms with Crippen LogP contribution in [-0.4, -0.2) is 33.0 Å². The van der Waals surface area contributed by atoms with Gasteiger partial charge >= 0.3 is 0 Å². The van der Waals surface area contributed by atoms with Crippen LogP contribution >= 0.6 is 0 Å². The number of hydrogen-bond donors (Lipinski definition) is 1. The van der Waals surface area contributed by atoms with Crippen LogP contribution in [0.3, 0.4) is 0 Å². The van der Waals surface area contributed by atoms with Crippen LogP contribution in [0.1, 0.15) is 39.0 Å². The van der Waals surface area contributed by atoms with Crippen molar-refractivity contribution in [3.8, 4) is 0 Å². The molecule has 0 aromatic rings. The second kappa shape index (κ2) is 7.07. The minimum absolute atomic E-state index is 0.264. The highest BCUT2D eigenvalue weighted by atomic mass is 32.2. The summed E-state index contributed by atoms with van der Waals surface area (Å²) in [6, 6.07) is 0. The minimum atomic E-state index is -2.77. The third-order valence-electron chi connectivity index (χ3n) is 3.01. The van der Waals surface area contributed by atoms with Crippen LogP contribution in [0.2, 0.25) is 0 Å². The molecule has 4 heteroatoms. The van der Waals surface area contributed by atoms with E-state index in [0.717, 1.165) is 25.9 Å². The van der Waals surface area contributed by atoms with Crippen LogP contribution in [0.4, 0.5) is 0 Å². The smallest absolute Gasteiger partial charge is 0.150 e. The Hall–Kier alpha value is -0.350. The van der Waals surface area contributed by atoms with Crippen LogP contribution in [0.15, 0.2) is 11.6 Å². The lowest BCUT2D eigenvalue weighted by Crippen LogP contribution is -2.20. The Morgan fingerprint density at radius 1 is 1.38 bits per heavy atom. The third kappa shape index (κ3) is 5.66. The fourth-order valence-corrected chi connectivity index (χ4v) is 2.77. The molecule has 0 radical (unpaired) electrons. The lowest BCUT2D eigenvalue weighted by molar-refractivity contribution is 0.589. The van der Waals surface area contributed by atoms with Gasteiger partial charge in [-0.25, -0.2) is 8.42 Å². The van der Waals surface area contributed by atoms with Crippen molar-refractivity contribution in [1.82, 2.24) is 5.32 Å². The summed E-state index contributed by atoms with van der Waals surface area (Å²) in [7, 11) is -2.77. The van der Waals surface area contributed by atoms with E-state index >= 15 is 0 Å². The molecule has 1 N–H and O–H groups in total. The van der Waals surface area contributed by atoms with Gasteiger partial charge in [0, 0.05) is 5.75 Å². The van der Waals surface area contributed by atoms with E-state index in [1.807, 2.05) is 0 Å². The highest BCUT2D eigenvalue weighted by Gasteiger charge is 2.06. The normalized spacial score (nSPS) is 16.4. The van der Waals surface area contributed by atoms with Gasteiger partial charge in [0.25, 0.3) is 0 Å². The van der Waals surface area contributed by atoms with Gasteiger partial charge in [-0.1, -0.05) is 18.6 Å². The Labute approximate surface area is 99.2 Å². The molecule has 0 bridgehead atoms. The van der Waals surface area contributed by atoms with Gasteiger partial charge in [-0.3, -0.25) is 0 Å². The van der Waals surface area contributed by atoms with Crippen LogP contribution in [-0.2, 0) is 9.84 Å². The van der Waals surface area contributed by atoms with Crippen molar-refractivity contribution in [2.75, 3.05) is 24.6 Å². The molecule has 0 atom stereocenters. The Bertz CT molecular complexity index is 320. The van der Waals surface area contributed by atoms with Gasteiger partial charge in [-0.05, 0) is 45.2 Å². The summed E-state index contributed by atoms with van der Waals surface area (Å²) < 4.78 is 22.4. The molecule has 0 aliphatic heterocycles. The molecule has 1 rings (SSSR count). The van der Waals surface area contributed by atoms with Gasteiger partial charge in [0.15, 0.2) is 0 Å². The van der Waals surface area contributed by atoms with Gasteiger partial charge in [-0.2, -0.15) is 0 Å². The summed E-state index contributed by atoms with van der Waals surface area (Å²) in [6.07, 6.45) is 8.00. The van der Waals surface area contributed by atoms with Gasteiger partial charge in [0.1, 0.15) is 9.84 Å². The van der Waals surface area contributed by atoms with Crippen molar-refractivity contribution in [2.24, 2.45) is 0 Å². The first kappa shape index (κ1) is 13.7. The molecule has 16 heavy (non-hydrogen) atoms. The number of sulfone groups is 1. The van der Waals surface area contributed by atoms with Crippen molar-refractivity contribution >= 4 is 9.84 Å². The van der Waals surface area contributed by atoms with Gasteiger partial charge in [0.2, 0.25) is 0 Å². The second-order valence-corrected chi connectivity index (χ2v) is 6.82. The molecule has 0 unspecified atom stereocenters. The fraction of sp³-hybridized carbons (Fsp3) is 0.833. The second-order valence-electron chi connectivity index (χ2n) is 4.34. The maximum absolute atomic E-state index is 11.2. The van der Waals surface area contributed by atoms with E-state index < -0.39 is 9.84 Å². The first-order valence-corrected chi connectivity index (χ1v) is 8.05. The molecule has 0 fully saturated rings. The summed E-state index contributed by atoms with van der Waals surface area (Å²) in [5, 5.41) is 3.30. The van der Waals surface area contributed by atoms with Crippen molar-refractivity contribution in [3.05, 3.63) is 11.6 Å². The molecule has 94 valence electrons. The maximum atomic E-state index is 11.2. The fourth-order valence-electron chi connectivity index (χ4n) is 1.90. The molecule has 1 aliphatic carbocycles. The van der Waals surface area contributed by atoms with Gasteiger partial charge < -0.3 is 5.32 Å². The average molecular weight is 245 g/mol. The van der Waals surface area contributed by atoms with Crippen molar-refractivity contribution in [1.29, 1.82) is 0 Å². The largest absolute Gasteiger partial charge is 0.316 e. The molecule has 0 aromatic carbocycles. The molecule has 3 nitrogen and oxygen atoms in total. The number of hydrogen-bond acceptors (Lipinski definition) is 3. The molecular formula is C12H23NO2S. The summed E-state index contributed by atoms with van der Waals surface area (Å²) in [6.45, 7) is 3.50. The van der Waals surface area contributed by atoms with Crippen molar-refractivity contribution in [3.63, 3.8) is 0 Å². The van der Waals surface area contributed by atoms with Gasteiger partial charge in [0.05, 0.1) is 5.75 Å². The van der Waals surface area contributed by atoms with E-state index in [1.165, 1.54) is 19.3 Å². The van der Waals surface area contributed by atoms with Crippen LogP contribution in [0.5, 0.6) is 0 Å². The zero-order chi connectivity index (χ0) is 11.9. The monoisotopic (exact) mass is 245 g/mol. The van der Waals surface area contributed by atoms with E-state index in [0.29, 0.717) is 5.75 Å². The van der Waals surface area contributed by atoms with Crippen LogP contribution in [0.25, 0.3) is 0 Å². The molecule has 0 saturated carbocycles. The van der Waals surface area contributed by atoms with Crippen LogP contribution < -0.4 is 5.32 Å². The predicted octanol–water partition coefficient (Wildman–Crippen LogP) is 1.90. The lowest BCUT2D eigenvalue weighted by Gasteiger charge is -2.05. The summed E-state index contributed by atoms with van der Waals surface area (Å²) >= 11 is 0. The SMILES string of the molecule is CCS(=O)(=O)CCCNCCC1=CCCC1. The quantitative estimate of drug-likeness (QED) is 0.525. The third-order valence-corrected chi connectivity index (χ3v) is 4.80. The summed E-state index contributed by atoms with van der Waals surface area (Å²) in [4.78, 5) is 0. The van der Waals surface area contributed by atoms with E-state index in [-0.39, 0.29) is 5.75 Å². The molecule has 1 aliphatic rings. The standard InChI is InChI=1S/C12H23NO2S/c1-2-16(14,15)11-5-9-13-10-8-12-6-3-4-7-12/h6,13H,2-5,7-11H2,1H3. The van der Waals surface area contributed by atoms with E-state index in [4.69, 9.17) is 0 Å². The average Bonchev–Trinajstić information content (AvgIpc) is 2.76. The minimum Gasteiger partial charge on any atom is -0.316 e. The summed E-state index contributed by atoms with van der Waals surface area (Å²) in [5.41, 5.74) is 1.56. The zero-order valence-corrected chi connectivity index (χ0v) is 11.0. The van der Waals surface area contributed by atoms with Crippen LogP contribution in [0, 0.1) is 0 Å². The first-order valence-electron chi connectivity index (χ1n) is 6.23. The van der Waals surface area contributed by atoms with E-state index in [1.54, 1.807) is 12.5 Å². The van der Waals surface area contributed by atoms with Crippen molar-refractivity contribution in [2.45, 2.75) is 39.0 Å². The highest BCUT2D eigenvalue weighted by Crippen LogP contribution is 2.19. The van der Waals surface area contributed by atoms with Gasteiger partial charge in [-0.15, -0.1) is 0 Å². The Kier molecular flexibility index (Phi) is 6.06. The first-order chi connectivity index (χ1) is 7.64. The topological polar surface area (TPSA) is 46.2 Å². The predicted molar refractivity (Wildman–Crippen MR) is 68.4 cm³/mol. The van der Waals surface area contributed by atoms with E-state index in [2.05, 4.69) is 11.4 Å².